The Morgan fingerprint density at radius 2 is 1.77 bits per heavy atom. The number of nitrogens with zero attached hydrogens (tertiary/aromatic N) is 1. The second-order valence-electron chi connectivity index (χ2n) is 3.78. The van der Waals surface area contributed by atoms with E-state index in [0.717, 1.165) is 14.2 Å². The first-order valence-corrected chi connectivity index (χ1v) is 5.45. The van der Waals surface area contributed by atoms with Crippen LogP contribution in [0.4, 0.5) is 26.3 Å². The maximum Gasteiger partial charge on any atom is 0.573 e. The van der Waals surface area contributed by atoms with Crippen molar-refractivity contribution in [3.8, 4) is 11.6 Å². The quantitative estimate of drug-likeness (QED) is 0.626. The predicted octanol–water partition coefficient (Wildman–Crippen LogP) is 2.72. The fourth-order valence-corrected chi connectivity index (χ4v) is 1.58. The zero-order chi connectivity index (χ0) is 17.1. The molecule has 124 valence electrons. The summed E-state index contributed by atoms with van der Waals surface area (Å²) in [5.41, 5.74) is -2.72. The lowest BCUT2D eigenvalue weighted by atomic mass is 10.1. The van der Waals surface area contributed by atoms with Gasteiger partial charge in [-0.2, -0.15) is 13.2 Å². The number of halogens is 6. The van der Waals surface area contributed by atoms with Gasteiger partial charge in [0.05, 0.1) is 26.8 Å². The van der Waals surface area contributed by atoms with E-state index in [1.165, 1.54) is 0 Å². The van der Waals surface area contributed by atoms with Crippen molar-refractivity contribution < 1.29 is 45.3 Å². The molecule has 0 bridgehead atoms. The van der Waals surface area contributed by atoms with Crippen molar-refractivity contribution in [2.75, 3.05) is 14.2 Å². The minimum Gasteiger partial charge on any atom is -0.481 e. The fraction of sp³-hybridized carbons (Fsp3) is 0.455. The third-order valence-electron chi connectivity index (χ3n) is 2.36. The summed E-state index contributed by atoms with van der Waals surface area (Å²) in [5.74, 6) is -3.36. The molecule has 0 unspecified atom stereocenters. The molecule has 1 heterocycles. The molecule has 1 rings (SSSR count). The van der Waals surface area contributed by atoms with Crippen molar-refractivity contribution >= 4 is 5.97 Å². The molecule has 0 amide bonds. The molecule has 0 atom stereocenters. The number of esters is 1. The van der Waals surface area contributed by atoms with Crippen LogP contribution in [-0.2, 0) is 22.1 Å². The van der Waals surface area contributed by atoms with Crippen LogP contribution in [0.2, 0.25) is 0 Å². The molecule has 0 N–H and O–H groups in total. The Morgan fingerprint density at radius 3 is 2.18 bits per heavy atom. The van der Waals surface area contributed by atoms with E-state index in [2.05, 4.69) is 19.2 Å². The Bertz CT molecular complexity index is 555. The van der Waals surface area contributed by atoms with Crippen molar-refractivity contribution in [3.05, 3.63) is 17.3 Å². The third kappa shape index (κ3) is 4.40. The molecular formula is C11H9F6NO4. The van der Waals surface area contributed by atoms with E-state index in [-0.39, 0.29) is 6.20 Å². The molecule has 22 heavy (non-hydrogen) atoms. The highest BCUT2D eigenvalue weighted by atomic mass is 19.4. The molecular weight excluding hydrogens is 324 g/mol. The van der Waals surface area contributed by atoms with E-state index in [1.807, 2.05) is 0 Å². The van der Waals surface area contributed by atoms with Gasteiger partial charge in [-0.3, -0.25) is 4.79 Å². The Morgan fingerprint density at radius 1 is 1.18 bits per heavy atom. The van der Waals surface area contributed by atoms with Crippen molar-refractivity contribution in [2.45, 2.75) is 19.0 Å². The molecule has 0 aromatic carbocycles. The lowest BCUT2D eigenvalue weighted by molar-refractivity contribution is -0.276. The third-order valence-corrected chi connectivity index (χ3v) is 2.36. The molecule has 0 aliphatic rings. The first-order chi connectivity index (χ1) is 9.99. The smallest absolute Gasteiger partial charge is 0.481 e. The Kier molecular flexibility index (Phi) is 5.09. The number of ether oxygens (including phenoxy) is 3. The molecule has 0 radical (unpaired) electrons. The average molecular weight is 333 g/mol. The molecule has 0 aliphatic carbocycles. The van der Waals surface area contributed by atoms with E-state index in [4.69, 9.17) is 0 Å². The van der Waals surface area contributed by atoms with Crippen LogP contribution in [0.25, 0.3) is 0 Å². The first kappa shape index (κ1) is 17.9. The van der Waals surface area contributed by atoms with E-state index in [9.17, 15) is 31.1 Å². The van der Waals surface area contributed by atoms with Gasteiger partial charge in [0.2, 0.25) is 5.88 Å². The van der Waals surface area contributed by atoms with E-state index < -0.39 is 47.7 Å². The van der Waals surface area contributed by atoms with E-state index >= 15 is 0 Å². The highest BCUT2D eigenvalue weighted by Crippen LogP contribution is 2.43. The molecule has 11 heteroatoms. The summed E-state index contributed by atoms with van der Waals surface area (Å²) in [4.78, 5) is 14.5. The Balaban J connectivity index is 3.54. The minimum absolute atomic E-state index is 0.218. The maximum atomic E-state index is 13.1. The van der Waals surface area contributed by atoms with Gasteiger partial charge >= 0.3 is 18.5 Å². The zero-order valence-corrected chi connectivity index (χ0v) is 11.1. The predicted molar refractivity (Wildman–Crippen MR) is 58.2 cm³/mol. The van der Waals surface area contributed by atoms with Gasteiger partial charge in [0, 0.05) is 5.56 Å². The topological polar surface area (TPSA) is 57.7 Å². The van der Waals surface area contributed by atoms with Crippen molar-refractivity contribution in [3.63, 3.8) is 0 Å². The van der Waals surface area contributed by atoms with Gasteiger partial charge in [0.1, 0.15) is 5.56 Å². The van der Waals surface area contributed by atoms with Gasteiger partial charge in [-0.05, 0) is 0 Å². The van der Waals surface area contributed by atoms with Crippen molar-refractivity contribution in [1.29, 1.82) is 0 Å². The maximum absolute atomic E-state index is 13.1. The summed E-state index contributed by atoms with van der Waals surface area (Å²) in [5, 5.41) is 0. The molecule has 1 aromatic heterocycles. The van der Waals surface area contributed by atoms with Gasteiger partial charge in [-0.25, -0.2) is 4.98 Å². The van der Waals surface area contributed by atoms with Gasteiger partial charge < -0.3 is 14.2 Å². The number of carbonyl (C=O) groups excluding carboxylic acids is 1. The van der Waals surface area contributed by atoms with Crippen LogP contribution in [-0.4, -0.2) is 31.5 Å². The number of rotatable bonds is 4. The van der Waals surface area contributed by atoms with Crippen LogP contribution in [0, 0.1) is 0 Å². The van der Waals surface area contributed by atoms with Crippen molar-refractivity contribution in [2.24, 2.45) is 0 Å². The second kappa shape index (κ2) is 6.28. The second-order valence-corrected chi connectivity index (χ2v) is 3.78. The number of methoxy groups -OCH3 is 2. The van der Waals surface area contributed by atoms with Gasteiger partial charge in [-0.1, -0.05) is 0 Å². The summed E-state index contributed by atoms with van der Waals surface area (Å²) in [6.45, 7) is 0. The van der Waals surface area contributed by atoms with Crippen LogP contribution >= 0.6 is 0 Å². The molecule has 1 aromatic rings. The molecule has 0 saturated carbocycles. The summed E-state index contributed by atoms with van der Waals surface area (Å²) in [6.07, 6.45) is -11.4. The molecule has 0 spiro atoms. The number of pyridine rings is 1. The standard InChI is InChI=1S/C11H9F6NO4/c1-20-7(19)3-5-8(10(12,13)14)6(22-11(15,16)17)4-18-9(5)21-2/h4H,3H2,1-2H3. The summed E-state index contributed by atoms with van der Waals surface area (Å²) >= 11 is 0. The van der Waals surface area contributed by atoms with Crippen molar-refractivity contribution in [1.82, 2.24) is 4.98 Å². The fourth-order valence-electron chi connectivity index (χ4n) is 1.58. The highest BCUT2D eigenvalue weighted by Gasteiger charge is 2.43. The SMILES string of the molecule is COC(=O)Cc1c(OC)ncc(OC(F)(F)F)c1C(F)(F)F. The number of hydrogen-bond donors (Lipinski definition) is 0. The Labute approximate surface area is 119 Å². The van der Waals surface area contributed by atoms with E-state index in [0.29, 0.717) is 0 Å². The molecule has 0 saturated heterocycles. The van der Waals surface area contributed by atoms with Crippen LogP contribution in [0.15, 0.2) is 6.20 Å². The molecule has 5 nitrogen and oxygen atoms in total. The number of alkyl halides is 6. The number of aromatic nitrogens is 1. The van der Waals surface area contributed by atoms with Crippen LogP contribution in [0.1, 0.15) is 11.1 Å². The first-order valence-electron chi connectivity index (χ1n) is 5.45. The highest BCUT2D eigenvalue weighted by molar-refractivity contribution is 5.74. The van der Waals surface area contributed by atoms with Gasteiger partial charge in [0.25, 0.3) is 0 Å². The monoisotopic (exact) mass is 333 g/mol. The number of hydrogen-bond acceptors (Lipinski definition) is 5. The lowest BCUT2D eigenvalue weighted by Gasteiger charge is -2.19. The zero-order valence-electron chi connectivity index (χ0n) is 11.1. The summed E-state index contributed by atoms with van der Waals surface area (Å²) in [7, 11) is 1.86. The summed E-state index contributed by atoms with van der Waals surface area (Å²) < 4.78 is 87.9. The summed E-state index contributed by atoms with van der Waals surface area (Å²) in [6, 6.07) is 0. The Hall–Kier alpha value is -2.20. The lowest BCUT2D eigenvalue weighted by Crippen LogP contribution is -2.23. The minimum atomic E-state index is -5.36. The van der Waals surface area contributed by atoms with Crippen LogP contribution in [0.5, 0.6) is 11.6 Å². The van der Waals surface area contributed by atoms with Crippen LogP contribution in [0.3, 0.4) is 0 Å². The normalized spacial score (nSPS) is 12.0. The largest absolute Gasteiger partial charge is 0.573 e. The number of carbonyl (C=O) groups is 1. The van der Waals surface area contributed by atoms with Gasteiger partial charge in [0.15, 0.2) is 5.75 Å². The van der Waals surface area contributed by atoms with Gasteiger partial charge in [-0.15, -0.1) is 13.2 Å². The van der Waals surface area contributed by atoms with Crippen LogP contribution < -0.4 is 9.47 Å². The average Bonchev–Trinajstić information content (AvgIpc) is 2.35. The van der Waals surface area contributed by atoms with E-state index in [1.54, 1.807) is 0 Å². The molecule has 0 aliphatic heterocycles. The molecule has 0 fully saturated rings.